The largest absolute Gasteiger partial charge is 0.481 e. The van der Waals surface area contributed by atoms with Gasteiger partial charge in [-0.2, -0.15) is 0 Å². The summed E-state index contributed by atoms with van der Waals surface area (Å²) in [6, 6.07) is 3.46. The molecule has 23 heavy (non-hydrogen) atoms. The first kappa shape index (κ1) is 15.9. The summed E-state index contributed by atoms with van der Waals surface area (Å²) in [7, 11) is 0. The van der Waals surface area contributed by atoms with Gasteiger partial charge in [-0.15, -0.1) is 11.3 Å². The van der Waals surface area contributed by atoms with Gasteiger partial charge in [-0.1, -0.05) is 0 Å². The second kappa shape index (κ2) is 6.23. The Balaban J connectivity index is 1.63. The second-order valence-electron chi connectivity index (χ2n) is 5.94. The third kappa shape index (κ3) is 3.34. The number of aliphatic carboxylic acids is 1. The van der Waals surface area contributed by atoms with Crippen molar-refractivity contribution in [1.82, 2.24) is 10.3 Å². The Kier molecular flexibility index (Phi) is 4.30. The maximum absolute atomic E-state index is 14.7. The zero-order valence-corrected chi connectivity index (χ0v) is 13.2. The van der Waals surface area contributed by atoms with Gasteiger partial charge in [0.2, 0.25) is 0 Å². The van der Waals surface area contributed by atoms with Crippen molar-refractivity contribution in [2.75, 3.05) is 6.54 Å². The predicted octanol–water partition coefficient (Wildman–Crippen LogP) is 3.01. The number of halogens is 1. The third-order valence-corrected chi connectivity index (χ3v) is 5.32. The van der Waals surface area contributed by atoms with E-state index in [2.05, 4.69) is 10.3 Å². The molecule has 1 aliphatic carbocycles. The Hall–Kier alpha value is -2.02. The highest BCUT2D eigenvalue weighted by Crippen LogP contribution is 2.35. The van der Waals surface area contributed by atoms with Crippen molar-refractivity contribution >= 4 is 33.4 Å². The van der Waals surface area contributed by atoms with E-state index in [-0.39, 0.29) is 25.3 Å². The van der Waals surface area contributed by atoms with Crippen molar-refractivity contribution in [2.45, 2.75) is 31.4 Å². The van der Waals surface area contributed by atoms with Gasteiger partial charge in [-0.05, 0) is 43.2 Å². The van der Waals surface area contributed by atoms with Crippen molar-refractivity contribution in [1.29, 1.82) is 0 Å². The summed E-state index contributed by atoms with van der Waals surface area (Å²) in [5.41, 5.74) is -0.282. The molecule has 3 rings (SSSR count). The summed E-state index contributed by atoms with van der Waals surface area (Å²) in [5.74, 6) is -1.66. The molecule has 1 aliphatic rings. The molecule has 0 saturated heterocycles. The molecule has 122 valence electrons. The molecular formula is C16H17FN2O3S. The van der Waals surface area contributed by atoms with E-state index in [1.807, 2.05) is 11.4 Å². The van der Waals surface area contributed by atoms with Crippen LogP contribution in [0.3, 0.4) is 0 Å². The van der Waals surface area contributed by atoms with Crippen molar-refractivity contribution in [3.05, 3.63) is 29.3 Å². The molecule has 1 amide bonds. The highest BCUT2D eigenvalue weighted by atomic mass is 32.1. The zero-order valence-electron chi connectivity index (χ0n) is 12.4. The molecule has 0 unspecified atom stereocenters. The number of hydrogen-bond acceptors (Lipinski definition) is 4. The standard InChI is InChI=1S/C16H17FN2O3S/c17-16(5-1-10(2-6-16)15(21)22)9-19-14(20)11-3-7-18-12-4-8-23-13(11)12/h3-4,7-8,10H,1-2,5-6,9H2,(H,19,20)(H,21,22). The number of fused-ring (bicyclic) bond motifs is 1. The van der Waals surface area contributed by atoms with Crippen LogP contribution in [0.1, 0.15) is 36.0 Å². The van der Waals surface area contributed by atoms with Gasteiger partial charge in [0.1, 0.15) is 5.67 Å². The van der Waals surface area contributed by atoms with Crippen LogP contribution in [0, 0.1) is 5.92 Å². The first-order valence-corrected chi connectivity index (χ1v) is 8.39. The number of alkyl halides is 1. The fourth-order valence-electron chi connectivity index (χ4n) is 2.95. The normalized spacial score (nSPS) is 24.5. The van der Waals surface area contributed by atoms with E-state index in [1.165, 1.54) is 11.3 Å². The molecule has 2 aromatic heterocycles. The van der Waals surface area contributed by atoms with Crippen LogP contribution in [0.5, 0.6) is 0 Å². The summed E-state index contributed by atoms with van der Waals surface area (Å²) >= 11 is 1.42. The number of amides is 1. The quantitative estimate of drug-likeness (QED) is 0.899. The molecular weight excluding hydrogens is 319 g/mol. The fourth-order valence-corrected chi connectivity index (χ4v) is 3.81. The van der Waals surface area contributed by atoms with Crippen molar-refractivity contribution < 1.29 is 19.1 Å². The summed E-state index contributed by atoms with van der Waals surface area (Å²) in [5, 5.41) is 13.5. The lowest BCUT2D eigenvalue weighted by Crippen LogP contribution is -2.43. The Morgan fingerprint density at radius 3 is 2.83 bits per heavy atom. The predicted molar refractivity (Wildman–Crippen MR) is 85.4 cm³/mol. The second-order valence-corrected chi connectivity index (χ2v) is 6.86. The van der Waals surface area contributed by atoms with Crippen molar-refractivity contribution in [3.63, 3.8) is 0 Å². The summed E-state index contributed by atoms with van der Waals surface area (Å²) in [6.45, 7) is -0.0899. The lowest BCUT2D eigenvalue weighted by atomic mass is 9.80. The summed E-state index contributed by atoms with van der Waals surface area (Å²) in [4.78, 5) is 27.4. The van der Waals surface area contributed by atoms with Crippen LogP contribution < -0.4 is 5.32 Å². The molecule has 0 aromatic carbocycles. The number of hydrogen-bond donors (Lipinski definition) is 2. The molecule has 1 saturated carbocycles. The Labute approximate surface area is 136 Å². The molecule has 5 nitrogen and oxygen atoms in total. The number of nitrogens with zero attached hydrogens (tertiary/aromatic N) is 1. The molecule has 2 N–H and O–H groups in total. The number of rotatable bonds is 4. The maximum atomic E-state index is 14.7. The van der Waals surface area contributed by atoms with Gasteiger partial charge in [0.05, 0.1) is 28.2 Å². The number of carbonyl (C=O) groups is 2. The van der Waals surface area contributed by atoms with Gasteiger partial charge in [0, 0.05) is 6.20 Å². The van der Waals surface area contributed by atoms with Crippen LogP contribution in [0.25, 0.3) is 10.2 Å². The fraction of sp³-hybridized carbons (Fsp3) is 0.438. The molecule has 0 bridgehead atoms. The number of nitrogens with one attached hydrogen (secondary N) is 1. The van der Waals surface area contributed by atoms with Gasteiger partial charge in [0.15, 0.2) is 0 Å². The molecule has 1 fully saturated rings. The first-order chi connectivity index (χ1) is 11.0. The van der Waals surface area contributed by atoms with E-state index in [0.29, 0.717) is 18.4 Å². The number of thiophene rings is 1. The Morgan fingerprint density at radius 2 is 2.13 bits per heavy atom. The number of carbonyl (C=O) groups excluding carboxylic acids is 1. The minimum atomic E-state index is -1.52. The summed E-state index contributed by atoms with van der Waals surface area (Å²) < 4.78 is 15.5. The monoisotopic (exact) mass is 336 g/mol. The smallest absolute Gasteiger partial charge is 0.306 e. The van der Waals surface area contributed by atoms with Gasteiger partial charge < -0.3 is 10.4 Å². The Bertz CT molecular complexity index is 738. The summed E-state index contributed by atoms with van der Waals surface area (Å²) in [6.07, 6.45) is 2.51. The number of carboxylic acids is 1. The van der Waals surface area contributed by atoms with E-state index in [4.69, 9.17) is 5.11 Å². The van der Waals surface area contributed by atoms with Crippen LogP contribution in [0.15, 0.2) is 23.7 Å². The van der Waals surface area contributed by atoms with Gasteiger partial charge in [-0.25, -0.2) is 4.39 Å². The Morgan fingerprint density at radius 1 is 1.39 bits per heavy atom. The van der Waals surface area contributed by atoms with Crippen LogP contribution in [-0.2, 0) is 4.79 Å². The van der Waals surface area contributed by atoms with Gasteiger partial charge in [0.25, 0.3) is 5.91 Å². The molecule has 0 aliphatic heterocycles. The van der Waals surface area contributed by atoms with Crippen LogP contribution >= 0.6 is 11.3 Å². The van der Waals surface area contributed by atoms with Crippen molar-refractivity contribution in [3.8, 4) is 0 Å². The van der Waals surface area contributed by atoms with Crippen LogP contribution in [0.2, 0.25) is 0 Å². The van der Waals surface area contributed by atoms with Gasteiger partial charge in [-0.3, -0.25) is 14.6 Å². The zero-order chi connectivity index (χ0) is 16.4. The topological polar surface area (TPSA) is 79.3 Å². The molecule has 0 radical (unpaired) electrons. The molecule has 2 heterocycles. The third-order valence-electron chi connectivity index (χ3n) is 4.39. The number of pyridine rings is 1. The van der Waals surface area contributed by atoms with Crippen molar-refractivity contribution in [2.24, 2.45) is 5.92 Å². The first-order valence-electron chi connectivity index (χ1n) is 7.51. The van der Waals surface area contributed by atoms with Crippen LogP contribution in [-0.4, -0.2) is 34.2 Å². The van der Waals surface area contributed by atoms with Gasteiger partial charge >= 0.3 is 5.97 Å². The minimum Gasteiger partial charge on any atom is -0.481 e. The average molecular weight is 336 g/mol. The maximum Gasteiger partial charge on any atom is 0.306 e. The van der Waals surface area contributed by atoms with E-state index < -0.39 is 17.6 Å². The van der Waals surface area contributed by atoms with E-state index in [1.54, 1.807) is 12.3 Å². The van der Waals surface area contributed by atoms with E-state index in [0.717, 1.165) is 10.2 Å². The molecule has 0 atom stereocenters. The molecule has 7 heteroatoms. The van der Waals surface area contributed by atoms with Crippen LogP contribution in [0.4, 0.5) is 4.39 Å². The lowest BCUT2D eigenvalue weighted by Gasteiger charge is -2.32. The minimum absolute atomic E-state index is 0.0899. The number of aromatic nitrogens is 1. The van der Waals surface area contributed by atoms with E-state index in [9.17, 15) is 14.0 Å². The average Bonchev–Trinajstić information content (AvgIpc) is 3.01. The molecule has 0 spiro atoms. The SMILES string of the molecule is O=C(NCC1(F)CCC(C(=O)O)CC1)c1ccnc2ccsc12. The lowest BCUT2D eigenvalue weighted by molar-refractivity contribution is -0.143. The number of carboxylic acid groups (broad SMARTS) is 1. The highest BCUT2D eigenvalue weighted by molar-refractivity contribution is 7.17. The van der Waals surface area contributed by atoms with E-state index >= 15 is 0 Å². The highest BCUT2D eigenvalue weighted by Gasteiger charge is 2.37. The molecule has 2 aromatic rings.